The van der Waals surface area contributed by atoms with Crippen LogP contribution in [0.5, 0.6) is 0 Å². The molecule has 0 radical (unpaired) electrons. The van der Waals surface area contributed by atoms with Crippen LogP contribution in [0.15, 0.2) is 24.3 Å². The maximum Gasteiger partial charge on any atom is 0.236 e. The number of rotatable bonds is 7. The number of carbonyl (C=O) groups excluding carboxylic acids is 1. The Bertz CT molecular complexity index is 452. The van der Waals surface area contributed by atoms with Crippen LogP contribution in [0.1, 0.15) is 50.7 Å². The van der Waals surface area contributed by atoms with Crippen molar-refractivity contribution in [3.8, 4) is 0 Å². The van der Waals surface area contributed by atoms with E-state index in [1.165, 1.54) is 24.0 Å². The molecule has 20 heavy (non-hydrogen) atoms. The maximum atomic E-state index is 11.9. The Balaban J connectivity index is 1.78. The number of hydrogen-bond acceptors (Lipinski definition) is 2. The minimum Gasteiger partial charge on any atom is -0.354 e. The molecule has 1 atom stereocenters. The summed E-state index contributed by atoms with van der Waals surface area (Å²) >= 11 is 0. The van der Waals surface area contributed by atoms with Crippen LogP contribution in [0.3, 0.4) is 0 Å². The van der Waals surface area contributed by atoms with E-state index in [-0.39, 0.29) is 11.9 Å². The molecule has 1 fully saturated rings. The fourth-order valence-corrected chi connectivity index (χ4v) is 2.20. The minimum atomic E-state index is -0.154. The Labute approximate surface area is 122 Å². The van der Waals surface area contributed by atoms with Crippen molar-refractivity contribution >= 4 is 5.91 Å². The zero-order valence-corrected chi connectivity index (χ0v) is 12.8. The van der Waals surface area contributed by atoms with Crippen LogP contribution in [-0.2, 0) is 11.3 Å². The monoisotopic (exact) mass is 274 g/mol. The molecule has 0 aliphatic heterocycles. The highest BCUT2D eigenvalue weighted by Crippen LogP contribution is 2.40. The molecule has 2 rings (SSSR count). The molecule has 1 saturated carbocycles. The lowest BCUT2D eigenvalue weighted by Gasteiger charge is -2.15. The van der Waals surface area contributed by atoms with Gasteiger partial charge >= 0.3 is 0 Å². The molecule has 0 heterocycles. The molecule has 2 N–H and O–H groups in total. The van der Waals surface area contributed by atoms with Crippen LogP contribution in [0.4, 0.5) is 0 Å². The Morgan fingerprint density at radius 2 is 2.05 bits per heavy atom. The first-order chi connectivity index (χ1) is 9.56. The van der Waals surface area contributed by atoms with Crippen LogP contribution in [0, 0.1) is 5.92 Å². The summed E-state index contributed by atoms with van der Waals surface area (Å²) in [6.45, 7) is 7.60. The summed E-state index contributed by atoms with van der Waals surface area (Å²) in [6.07, 6.45) is 2.65. The molecule has 110 valence electrons. The third kappa shape index (κ3) is 4.64. The first-order valence-corrected chi connectivity index (χ1v) is 7.66. The maximum absolute atomic E-state index is 11.9. The fourth-order valence-electron chi connectivity index (χ4n) is 2.20. The molecule has 1 aromatic carbocycles. The number of carbonyl (C=O) groups is 1. The van der Waals surface area contributed by atoms with Crippen molar-refractivity contribution in [2.24, 2.45) is 5.92 Å². The molecule has 1 aromatic rings. The van der Waals surface area contributed by atoms with Crippen molar-refractivity contribution in [3.63, 3.8) is 0 Å². The van der Waals surface area contributed by atoms with Gasteiger partial charge < -0.3 is 10.6 Å². The summed E-state index contributed by atoms with van der Waals surface area (Å²) in [5.41, 5.74) is 2.71. The SMILES string of the molecule is CC(C)CNC(=O)C(C)NCc1cccc(C2CC2)c1. The third-order valence-corrected chi connectivity index (χ3v) is 3.69. The lowest BCUT2D eigenvalue weighted by Crippen LogP contribution is -2.42. The fraction of sp³-hybridized carbons (Fsp3) is 0.588. The predicted molar refractivity (Wildman–Crippen MR) is 82.6 cm³/mol. The van der Waals surface area contributed by atoms with Crippen LogP contribution in [0.25, 0.3) is 0 Å². The van der Waals surface area contributed by atoms with Crippen molar-refractivity contribution in [2.75, 3.05) is 6.54 Å². The van der Waals surface area contributed by atoms with Gasteiger partial charge in [0.25, 0.3) is 0 Å². The molecule has 1 unspecified atom stereocenters. The largest absolute Gasteiger partial charge is 0.354 e. The van der Waals surface area contributed by atoms with E-state index in [4.69, 9.17) is 0 Å². The van der Waals surface area contributed by atoms with E-state index in [2.05, 4.69) is 48.7 Å². The van der Waals surface area contributed by atoms with Crippen molar-refractivity contribution in [2.45, 2.75) is 52.1 Å². The van der Waals surface area contributed by atoms with Crippen molar-refractivity contribution < 1.29 is 4.79 Å². The molecule has 1 amide bonds. The van der Waals surface area contributed by atoms with Gasteiger partial charge in [-0.3, -0.25) is 4.79 Å². The van der Waals surface area contributed by atoms with Gasteiger partial charge in [0.05, 0.1) is 6.04 Å². The standard InChI is InChI=1S/C17H26N2O/c1-12(2)10-19-17(20)13(3)18-11-14-5-4-6-16(9-14)15-7-8-15/h4-6,9,12-13,15,18H,7-8,10-11H2,1-3H3,(H,19,20). The molecular weight excluding hydrogens is 248 g/mol. The summed E-state index contributed by atoms with van der Waals surface area (Å²) in [7, 11) is 0. The molecule has 1 aliphatic carbocycles. The Kier molecular flexibility index (Phi) is 5.18. The molecule has 1 aliphatic rings. The summed E-state index contributed by atoms with van der Waals surface area (Å²) < 4.78 is 0. The zero-order valence-electron chi connectivity index (χ0n) is 12.8. The van der Waals surface area contributed by atoms with Crippen LogP contribution < -0.4 is 10.6 Å². The van der Waals surface area contributed by atoms with Crippen LogP contribution in [-0.4, -0.2) is 18.5 Å². The molecule has 0 saturated heterocycles. The van der Waals surface area contributed by atoms with E-state index < -0.39 is 0 Å². The molecule has 0 spiro atoms. The third-order valence-electron chi connectivity index (χ3n) is 3.69. The highest BCUT2D eigenvalue weighted by molar-refractivity contribution is 5.81. The van der Waals surface area contributed by atoms with Gasteiger partial charge in [0.1, 0.15) is 0 Å². The number of benzene rings is 1. The highest BCUT2D eigenvalue weighted by atomic mass is 16.2. The Morgan fingerprint density at radius 1 is 1.30 bits per heavy atom. The zero-order chi connectivity index (χ0) is 14.5. The second kappa shape index (κ2) is 6.89. The smallest absolute Gasteiger partial charge is 0.236 e. The van der Waals surface area contributed by atoms with Gasteiger partial charge in [-0.05, 0) is 42.7 Å². The van der Waals surface area contributed by atoms with Gasteiger partial charge in [-0.1, -0.05) is 38.1 Å². The van der Waals surface area contributed by atoms with E-state index in [1.807, 2.05) is 6.92 Å². The normalized spacial score (nSPS) is 16.2. The highest BCUT2D eigenvalue weighted by Gasteiger charge is 2.23. The average molecular weight is 274 g/mol. The van der Waals surface area contributed by atoms with E-state index in [9.17, 15) is 4.79 Å². The first-order valence-electron chi connectivity index (χ1n) is 7.66. The number of hydrogen-bond donors (Lipinski definition) is 2. The van der Waals surface area contributed by atoms with Crippen molar-refractivity contribution in [1.82, 2.24) is 10.6 Å². The van der Waals surface area contributed by atoms with Crippen molar-refractivity contribution in [3.05, 3.63) is 35.4 Å². The summed E-state index contributed by atoms with van der Waals surface area (Å²) in [5, 5.41) is 6.25. The Morgan fingerprint density at radius 3 is 2.70 bits per heavy atom. The molecule has 3 heteroatoms. The van der Waals surface area contributed by atoms with E-state index in [0.29, 0.717) is 5.92 Å². The summed E-state index contributed by atoms with van der Waals surface area (Å²) in [5.74, 6) is 1.35. The van der Waals surface area contributed by atoms with Gasteiger partial charge in [-0.25, -0.2) is 0 Å². The summed E-state index contributed by atoms with van der Waals surface area (Å²) in [4.78, 5) is 11.9. The number of amides is 1. The summed E-state index contributed by atoms with van der Waals surface area (Å²) in [6, 6.07) is 8.56. The van der Waals surface area contributed by atoms with Crippen LogP contribution >= 0.6 is 0 Å². The van der Waals surface area contributed by atoms with E-state index >= 15 is 0 Å². The topological polar surface area (TPSA) is 41.1 Å². The predicted octanol–water partition coefficient (Wildman–Crippen LogP) is 2.81. The minimum absolute atomic E-state index is 0.0806. The van der Waals surface area contributed by atoms with Gasteiger partial charge in [-0.15, -0.1) is 0 Å². The van der Waals surface area contributed by atoms with Gasteiger partial charge in [0.15, 0.2) is 0 Å². The second-order valence-corrected chi connectivity index (χ2v) is 6.26. The second-order valence-electron chi connectivity index (χ2n) is 6.26. The lowest BCUT2D eigenvalue weighted by atomic mass is 10.1. The van der Waals surface area contributed by atoms with Gasteiger partial charge in [0.2, 0.25) is 5.91 Å². The van der Waals surface area contributed by atoms with Crippen molar-refractivity contribution in [1.29, 1.82) is 0 Å². The average Bonchev–Trinajstić information content (AvgIpc) is 3.27. The molecule has 0 aromatic heterocycles. The van der Waals surface area contributed by atoms with E-state index in [0.717, 1.165) is 19.0 Å². The molecular formula is C17H26N2O. The lowest BCUT2D eigenvalue weighted by molar-refractivity contribution is -0.122. The van der Waals surface area contributed by atoms with E-state index in [1.54, 1.807) is 0 Å². The first kappa shape index (κ1) is 15.0. The number of nitrogens with one attached hydrogen (secondary N) is 2. The Hall–Kier alpha value is -1.35. The molecule has 3 nitrogen and oxygen atoms in total. The van der Waals surface area contributed by atoms with Gasteiger partial charge in [-0.2, -0.15) is 0 Å². The molecule has 0 bridgehead atoms. The van der Waals surface area contributed by atoms with Gasteiger partial charge in [0, 0.05) is 13.1 Å². The quantitative estimate of drug-likeness (QED) is 0.803. The van der Waals surface area contributed by atoms with Crippen LogP contribution in [0.2, 0.25) is 0 Å².